The van der Waals surface area contributed by atoms with Gasteiger partial charge in [-0.1, -0.05) is 49.0 Å². The van der Waals surface area contributed by atoms with E-state index in [9.17, 15) is 0 Å². The zero-order chi connectivity index (χ0) is 10.2. The van der Waals surface area contributed by atoms with Gasteiger partial charge in [0.1, 0.15) is 0 Å². The summed E-state index contributed by atoms with van der Waals surface area (Å²) in [6.07, 6.45) is 0.964. The molecule has 14 heavy (non-hydrogen) atoms. The Hall–Kier alpha value is -0.960. The largest absolute Gasteiger partial charge is 0.379 e. The molecule has 0 unspecified atom stereocenters. The van der Waals surface area contributed by atoms with Crippen LogP contribution in [0.25, 0.3) is 0 Å². The van der Waals surface area contributed by atoms with Gasteiger partial charge in [-0.15, -0.1) is 0 Å². The van der Waals surface area contributed by atoms with Crippen molar-refractivity contribution in [1.82, 2.24) is 0 Å². The smallest absolute Gasteiger partial charge is 0.153 e. The second-order valence-electron chi connectivity index (χ2n) is 2.89. The van der Waals surface area contributed by atoms with E-state index in [1.165, 1.54) is 5.56 Å². The van der Waals surface area contributed by atoms with Gasteiger partial charge in [-0.3, -0.25) is 4.99 Å². The van der Waals surface area contributed by atoms with Crippen LogP contribution in [0.5, 0.6) is 0 Å². The average molecular weight is 208 g/mol. The number of amidine groups is 1. The van der Waals surface area contributed by atoms with Crippen molar-refractivity contribution in [2.24, 2.45) is 10.7 Å². The minimum atomic E-state index is 0.698. The Balaban J connectivity index is 2.31. The highest BCUT2D eigenvalue weighted by Gasteiger charge is 1.92. The van der Waals surface area contributed by atoms with Crippen LogP contribution in [0.3, 0.4) is 0 Å². The molecular formula is C11H16N2S. The van der Waals surface area contributed by atoms with E-state index < -0.39 is 0 Å². The summed E-state index contributed by atoms with van der Waals surface area (Å²) in [7, 11) is 0. The molecule has 0 atom stereocenters. The van der Waals surface area contributed by atoms with Crippen LogP contribution in [0.2, 0.25) is 0 Å². The summed E-state index contributed by atoms with van der Waals surface area (Å²) in [6.45, 7) is 2.85. The van der Waals surface area contributed by atoms with Crippen molar-refractivity contribution in [3.05, 3.63) is 35.9 Å². The number of thioether (sulfide) groups is 1. The lowest BCUT2D eigenvalue weighted by molar-refractivity contribution is 0.970. The van der Waals surface area contributed by atoms with Crippen LogP contribution in [0, 0.1) is 0 Å². The molecule has 76 valence electrons. The van der Waals surface area contributed by atoms with E-state index >= 15 is 0 Å². The van der Waals surface area contributed by atoms with Gasteiger partial charge in [-0.25, -0.2) is 0 Å². The molecule has 0 radical (unpaired) electrons. The van der Waals surface area contributed by atoms with Crippen molar-refractivity contribution < 1.29 is 0 Å². The number of hydrogen-bond acceptors (Lipinski definition) is 2. The highest BCUT2D eigenvalue weighted by atomic mass is 32.2. The number of nitrogens with two attached hydrogens (primary N) is 1. The molecule has 2 nitrogen and oxygen atoms in total. The molecule has 1 aromatic rings. The van der Waals surface area contributed by atoms with Crippen LogP contribution in [-0.2, 0) is 6.42 Å². The Morgan fingerprint density at radius 1 is 1.36 bits per heavy atom. The first-order valence-electron chi connectivity index (χ1n) is 4.79. The molecule has 0 heterocycles. The molecule has 0 saturated carbocycles. The topological polar surface area (TPSA) is 38.4 Å². The maximum Gasteiger partial charge on any atom is 0.153 e. The van der Waals surface area contributed by atoms with Crippen molar-refractivity contribution in [3.8, 4) is 0 Å². The minimum Gasteiger partial charge on any atom is -0.379 e. The molecule has 0 spiro atoms. The molecule has 1 aromatic carbocycles. The molecule has 0 aliphatic rings. The SMILES string of the molecule is CCSC(N)=NCCc1ccccc1. The summed E-state index contributed by atoms with van der Waals surface area (Å²) < 4.78 is 0. The first-order valence-corrected chi connectivity index (χ1v) is 5.78. The van der Waals surface area contributed by atoms with E-state index in [0.29, 0.717) is 5.17 Å². The van der Waals surface area contributed by atoms with Crippen molar-refractivity contribution in [1.29, 1.82) is 0 Å². The summed E-state index contributed by atoms with van der Waals surface area (Å²) in [5, 5.41) is 0.698. The quantitative estimate of drug-likeness (QED) is 0.609. The van der Waals surface area contributed by atoms with Crippen LogP contribution >= 0.6 is 11.8 Å². The molecule has 0 bridgehead atoms. The summed E-state index contributed by atoms with van der Waals surface area (Å²) in [6, 6.07) is 10.3. The summed E-state index contributed by atoms with van der Waals surface area (Å²) in [5.74, 6) is 0.987. The lowest BCUT2D eigenvalue weighted by Gasteiger charge is -1.99. The fraction of sp³-hybridized carbons (Fsp3) is 0.364. The molecule has 0 aliphatic heterocycles. The predicted octanol–water partition coefficient (Wildman–Crippen LogP) is 2.30. The highest BCUT2D eigenvalue weighted by Crippen LogP contribution is 2.01. The Morgan fingerprint density at radius 2 is 2.07 bits per heavy atom. The molecule has 0 aliphatic carbocycles. The number of benzene rings is 1. The molecular weight excluding hydrogens is 192 g/mol. The maximum absolute atomic E-state index is 5.66. The first kappa shape index (κ1) is 11.1. The first-order chi connectivity index (χ1) is 6.83. The average Bonchev–Trinajstić information content (AvgIpc) is 2.20. The number of rotatable bonds is 4. The predicted molar refractivity (Wildman–Crippen MR) is 64.8 cm³/mol. The van der Waals surface area contributed by atoms with Crippen LogP contribution < -0.4 is 5.73 Å². The van der Waals surface area contributed by atoms with Gasteiger partial charge >= 0.3 is 0 Å². The zero-order valence-corrected chi connectivity index (χ0v) is 9.26. The third-order valence-electron chi connectivity index (χ3n) is 1.80. The molecule has 2 N–H and O–H groups in total. The van der Waals surface area contributed by atoms with Gasteiger partial charge < -0.3 is 5.73 Å². The van der Waals surface area contributed by atoms with Crippen molar-refractivity contribution in [2.45, 2.75) is 13.3 Å². The fourth-order valence-electron chi connectivity index (χ4n) is 1.13. The Labute approximate surface area is 89.6 Å². The molecule has 0 saturated heterocycles. The monoisotopic (exact) mass is 208 g/mol. The molecule has 0 aromatic heterocycles. The van der Waals surface area contributed by atoms with E-state index in [0.717, 1.165) is 18.7 Å². The normalized spacial score (nSPS) is 11.6. The van der Waals surface area contributed by atoms with Crippen molar-refractivity contribution in [3.63, 3.8) is 0 Å². The van der Waals surface area contributed by atoms with Gasteiger partial charge in [0.15, 0.2) is 5.17 Å². The van der Waals surface area contributed by atoms with E-state index in [1.54, 1.807) is 11.8 Å². The third-order valence-corrected chi connectivity index (χ3v) is 2.52. The van der Waals surface area contributed by atoms with E-state index in [-0.39, 0.29) is 0 Å². The van der Waals surface area contributed by atoms with Gasteiger partial charge in [0.2, 0.25) is 0 Å². The minimum absolute atomic E-state index is 0.698. The van der Waals surface area contributed by atoms with Crippen LogP contribution in [0.1, 0.15) is 12.5 Å². The molecule has 0 fully saturated rings. The zero-order valence-electron chi connectivity index (χ0n) is 8.44. The van der Waals surface area contributed by atoms with Crippen LogP contribution in [0.15, 0.2) is 35.3 Å². The standard InChI is InChI=1S/C11H16N2S/c1-2-14-11(12)13-9-8-10-6-4-3-5-7-10/h3-7H,2,8-9H2,1H3,(H2,12,13). The lowest BCUT2D eigenvalue weighted by atomic mass is 10.2. The summed E-state index contributed by atoms with van der Waals surface area (Å²) >= 11 is 1.59. The van der Waals surface area contributed by atoms with Gasteiger partial charge in [-0.05, 0) is 17.7 Å². The van der Waals surface area contributed by atoms with Crippen molar-refractivity contribution in [2.75, 3.05) is 12.3 Å². The summed E-state index contributed by atoms with van der Waals surface area (Å²) in [4.78, 5) is 4.27. The highest BCUT2D eigenvalue weighted by molar-refractivity contribution is 8.13. The Bertz CT molecular complexity index is 283. The van der Waals surface area contributed by atoms with Gasteiger partial charge in [0, 0.05) is 6.54 Å². The molecule has 3 heteroatoms. The van der Waals surface area contributed by atoms with Gasteiger partial charge in [0.25, 0.3) is 0 Å². The Morgan fingerprint density at radius 3 is 2.71 bits per heavy atom. The number of aliphatic imine (C=N–C) groups is 1. The van der Waals surface area contributed by atoms with Gasteiger partial charge in [-0.2, -0.15) is 0 Å². The third kappa shape index (κ3) is 4.33. The van der Waals surface area contributed by atoms with E-state index in [2.05, 4.69) is 24.0 Å². The maximum atomic E-state index is 5.66. The number of hydrogen-bond donors (Lipinski definition) is 1. The Kier molecular flexibility index (Phi) is 5.15. The molecule has 0 amide bonds. The lowest BCUT2D eigenvalue weighted by Crippen LogP contribution is -2.08. The second-order valence-corrected chi connectivity index (χ2v) is 4.17. The van der Waals surface area contributed by atoms with Crippen LogP contribution in [0.4, 0.5) is 0 Å². The van der Waals surface area contributed by atoms with E-state index in [1.807, 2.05) is 18.2 Å². The van der Waals surface area contributed by atoms with E-state index in [4.69, 9.17) is 5.73 Å². The second kappa shape index (κ2) is 6.49. The van der Waals surface area contributed by atoms with Crippen LogP contribution in [-0.4, -0.2) is 17.5 Å². The van der Waals surface area contributed by atoms with Crippen molar-refractivity contribution >= 4 is 16.9 Å². The molecule has 1 rings (SSSR count). The fourth-order valence-corrected chi connectivity index (χ4v) is 1.61. The number of nitrogens with zero attached hydrogens (tertiary/aromatic N) is 1. The summed E-state index contributed by atoms with van der Waals surface area (Å²) in [5.41, 5.74) is 6.97. The van der Waals surface area contributed by atoms with Gasteiger partial charge in [0.05, 0.1) is 0 Å².